The molecule has 0 N–H and O–H groups in total. The Kier molecular flexibility index (Phi) is 2.97. The van der Waals surface area contributed by atoms with E-state index >= 15 is 0 Å². The van der Waals surface area contributed by atoms with Gasteiger partial charge in [-0.15, -0.1) is 0 Å². The molecule has 2 aromatic rings. The van der Waals surface area contributed by atoms with Crippen molar-refractivity contribution in [1.29, 1.82) is 0 Å². The van der Waals surface area contributed by atoms with E-state index in [1.54, 1.807) is 6.07 Å². The molecule has 0 aliphatic heterocycles. The lowest BCUT2D eigenvalue weighted by Crippen LogP contribution is -1.92. The van der Waals surface area contributed by atoms with E-state index in [2.05, 4.69) is 0 Å². The molecule has 0 atom stereocenters. The molecule has 2 aromatic carbocycles. The SMILES string of the molecule is Cc1cc(C)c(-c2ccc(F)c(F)c2)c(C)c1. The molecular weight excluding hydrogens is 218 g/mol. The van der Waals surface area contributed by atoms with Crippen molar-refractivity contribution in [3.63, 3.8) is 0 Å². The van der Waals surface area contributed by atoms with Crippen LogP contribution in [-0.2, 0) is 0 Å². The summed E-state index contributed by atoms with van der Waals surface area (Å²) in [6, 6.07) is 8.12. The van der Waals surface area contributed by atoms with Gasteiger partial charge in [0, 0.05) is 0 Å². The Morgan fingerprint density at radius 1 is 0.765 bits per heavy atom. The summed E-state index contributed by atoms with van der Waals surface area (Å²) in [7, 11) is 0. The second kappa shape index (κ2) is 4.28. The van der Waals surface area contributed by atoms with Gasteiger partial charge in [-0.3, -0.25) is 0 Å². The zero-order valence-electron chi connectivity index (χ0n) is 10.1. The van der Waals surface area contributed by atoms with Gasteiger partial charge in [0.25, 0.3) is 0 Å². The summed E-state index contributed by atoms with van der Waals surface area (Å²) in [6.45, 7) is 5.99. The molecule has 0 aliphatic rings. The van der Waals surface area contributed by atoms with Gasteiger partial charge in [0.1, 0.15) is 0 Å². The Morgan fingerprint density at radius 3 is 1.88 bits per heavy atom. The highest BCUT2D eigenvalue weighted by Crippen LogP contribution is 2.29. The maximum Gasteiger partial charge on any atom is 0.159 e. The first kappa shape index (κ1) is 11.8. The maximum atomic E-state index is 13.2. The Bertz CT molecular complexity index is 548. The second-order valence-corrected chi connectivity index (χ2v) is 4.40. The number of hydrogen-bond acceptors (Lipinski definition) is 0. The van der Waals surface area contributed by atoms with Crippen LogP contribution in [0, 0.1) is 32.4 Å². The van der Waals surface area contributed by atoms with Crippen molar-refractivity contribution in [2.75, 3.05) is 0 Å². The van der Waals surface area contributed by atoms with Crippen molar-refractivity contribution in [1.82, 2.24) is 0 Å². The van der Waals surface area contributed by atoms with Crippen molar-refractivity contribution < 1.29 is 8.78 Å². The average molecular weight is 232 g/mol. The van der Waals surface area contributed by atoms with Crippen LogP contribution in [0.5, 0.6) is 0 Å². The lowest BCUT2D eigenvalue weighted by molar-refractivity contribution is 0.509. The summed E-state index contributed by atoms with van der Waals surface area (Å²) in [5.41, 5.74) is 5.03. The minimum absolute atomic E-state index is 0.721. The Labute approximate surface area is 99.9 Å². The number of halogens is 2. The van der Waals surface area contributed by atoms with E-state index in [1.807, 2.05) is 32.9 Å². The summed E-state index contributed by atoms with van der Waals surface area (Å²) >= 11 is 0. The van der Waals surface area contributed by atoms with Crippen LogP contribution in [0.1, 0.15) is 16.7 Å². The van der Waals surface area contributed by atoms with E-state index in [-0.39, 0.29) is 0 Å². The van der Waals surface area contributed by atoms with Crippen LogP contribution in [0.25, 0.3) is 11.1 Å². The highest BCUT2D eigenvalue weighted by Gasteiger charge is 2.09. The minimum atomic E-state index is -0.809. The molecule has 0 nitrogen and oxygen atoms in total. The summed E-state index contributed by atoms with van der Waals surface area (Å²) in [6.07, 6.45) is 0. The quantitative estimate of drug-likeness (QED) is 0.676. The first-order valence-corrected chi connectivity index (χ1v) is 5.52. The van der Waals surface area contributed by atoms with Crippen molar-refractivity contribution in [2.24, 2.45) is 0 Å². The van der Waals surface area contributed by atoms with Crippen LogP contribution < -0.4 is 0 Å². The molecule has 0 saturated carbocycles. The van der Waals surface area contributed by atoms with Gasteiger partial charge < -0.3 is 0 Å². The Hall–Kier alpha value is -1.70. The van der Waals surface area contributed by atoms with Gasteiger partial charge in [0.15, 0.2) is 11.6 Å². The van der Waals surface area contributed by atoms with Crippen molar-refractivity contribution in [3.8, 4) is 11.1 Å². The van der Waals surface area contributed by atoms with Gasteiger partial charge >= 0.3 is 0 Å². The molecule has 17 heavy (non-hydrogen) atoms. The molecule has 0 bridgehead atoms. The zero-order valence-corrected chi connectivity index (χ0v) is 10.1. The lowest BCUT2D eigenvalue weighted by Gasteiger charge is -2.11. The van der Waals surface area contributed by atoms with Crippen LogP contribution in [0.15, 0.2) is 30.3 Å². The lowest BCUT2D eigenvalue weighted by atomic mass is 9.94. The molecule has 88 valence electrons. The third kappa shape index (κ3) is 2.21. The number of aryl methyl sites for hydroxylation is 3. The van der Waals surface area contributed by atoms with Crippen molar-refractivity contribution in [2.45, 2.75) is 20.8 Å². The Morgan fingerprint density at radius 2 is 1.35 bits per heavy atom. The van der Waals surface area contributed by atoms with Gasteiger partial charge in [-0.1, -0.05) is 23.8 Å². The maximum absolute atomic E-state index is 13.2. The van der Waals surface area contributed by atoms with Crippen molar-refractivity contribution >= 4 is 0 Å². The first-order valence-electron chi connectivity index (χ1n) is 5.52. The fourth-order valence-corrected chi connectivity index (χ4v) is 2.29. The largest absolute Gasteiger partial charge is 0.204 e. The molecule has 2 rings (SSSR count). The average Bonchev–Trinajstić information content (AvgIpc) is 2.21. The molecule has 0 radical (unpaired) electrons. The Balaban J connectivity index is 2.64. The van der Waals surface area contributed by atoms with Crippen LogP contribution in [-0.4, -0.2) is 0 Å². The number of benzene rings is 2. The fraction of sp³-hybridized carbons (Fsp3) is 0.200. The van der Waals surface area contributed by atoms with E-state index in [4.69, 9.17) is 0 Å². The fourth-order valence-electron chi connectivity index (χ4n) is 2.29. The number of hydrogen-bond donors (Lipinski definition) is 0. The van der Waals surface area contributed by atoms with Crippen LogP contribution in [0.4, 0.5) is 8.78 Å². The summed E-state index contributed by atoms with van der Waals surface area (Å²) in [5.74, 6) is -1.61. The standard InChI is InChI=1S/C15H14F2/c1-9-6-10(2)15(11(3)7-9)12-4-5-13(16)14(17)8-12/h4-8H,1-3H3. The summed E-state index contributed by atoms with van der Waals surface area (Å²) in [5, 5.41) is 0. The normalized spacial score (nSPS) is 10.6. The van der Waals surface area contributed by atoms with Crippen LogP contribution >= 0.6 is 0 Å². The second-order valence-electron chi connectivity index (χ2n) is 4.40. The molecule has 0 heterocycles. The highest BCUT2D eigenvalue weighted by molar-refractivity contribution is 5.71. The summed E-state index contributed by atoms with van der Waals surface area (Å²) < 4.78 is 26.1. The summed E-state index contributed by atoms with van der Waals surface area (Å²) in [4.78, 5) is 0. The molecule has 0 unspecified atom stereocenters. The molecule has 0 fully saturated rings. The molecule has 0 aromatic heterocycles. The predicted molar refractivity (Wildman–Crippen MR) is 66.0 cm³/mol. The van der Waals surface area contributed by atoms with Crippen LogP contribution in [0.3, 0.4) is 0 Å². The molecule has 0 aliphatic carbocycles. The molecule has 2 heteroatoms. The van der Waals surface area contributed by atoms with E-state index < -0.39 is 11.6 Å². The topological polar surface area (TPSA) is 0 Å². The highest BCUT2D eigenvalue weighted by atomic mass is 19.2. The predicted octanol–water partition coefficient (Wildman–Crippen LogP) is 4.56. The third-order valence-electron chi connectivity index (χ3n) is 2.89. The van der Waals surface area contributed by atoms with Gasteiger partial charge in [0.2, 0.25) is 0 Å². The zero-order chi connectivity index (χ0) is 12.6. The number of rotatable bonds is 1. The van der Waals surface area contributed by atoms with E-state index in [1.165, 1.54) is 17.7 Å². The smallest absolute Gasteiger partial charge is 0.159 e. The van der Waals surface area contributed by atoms with Crippen molar-refractivity contribution in [3.05, 3.63) is 58.7 Å². The van der Waals surface area contributed by atoms with Gasteiger partial charge in [-0.2, -0.15) is 0 Å². The first-order chi connectivity index (χ1) is 7.99. The molecule has 0 spiro atoms. The van der Waals surface area contributed by atoms with E-state index in [0.717, 1.165) is 22.3 Å². The molecular formula is C15H14F2. The van der Waals surface area contributed by atoms with Gasteiger partial charge in [-0.05, 0) is 55.2 Å². The minimum Gasteiger partial charge on any atom is -0.204 e. The van der Waals surface area contributed by atoms with Crippen LogP contribution in [0.2, 0.25) is 0 Å². The van der Waals surface area contributed by atoms with E-state index in [0.29, 0.717) is 0 Å². The monoisotopic (exact) mass is 232 g/mol. The third-order valence-corrected chi connectivity index (χ3v) is 2.89. The van der Waals surface area contributed by atoms with Gasteiger partial charge in [0.05, 0.1) is 0 Å². The van der Waals surface area contributed by atoms with Gasteiger partial charge in [-0.25, -0.2) is 8.78 Å². The molecule has 0 amide bonds. The van der Waals surface area contributed by atoms with E-state index in [9.17, 15) is 8.78 Å². The molecule has 0 saturated heterocycles.